The SMILES string of the molecule is Nn1c(N/N=C/c2ccc([N+](=O)[O-])cc2)nnc1SCc1ccccc1. The van der Waals surface area contributed by atoms with Gasteiger partial charge in [-0.1, -0.05) is 42.1 Å². The highest BCUT2D eigenvalue weighted by molar-refractivity contribution is 7.98. The number of nitrogens with zero attached hydrogens (tertiary/aromatic N) is 5. The molecule has 3 N–H and O–H groups in total. The number of thioether (sulfide) groups is 1. The third kappa shape index (κ3) is 4.36. The summed E-state index contributed by atoms with van der Waals surface area (Å²) >= 11 is 1.46. The maximum absolute atomic E-state index is 10.6. The molecule has 0 atom stereocenters. The zero-order valence-electron chi connectivity index (χ0n) is 13.5. The molecule has 132 valence electrons. The van der Waals surface area contributed by atoms with E-state index < -0.39 is 4.92 Å². The molecule has 10 heteroatoms. The van der Waals surface area contributed by atoms with E-state index in [0.29, 0.717) is 16.7 Å². The van der Waals surface area contributed by atoms with E-state index in [-0.39, 0.29) is 5.69 Å². The molecule has 3 rings (SSSR count). The lowest BCUT2D eigenvalue weighted by molar-refractivity contribution is -0.384. The number of nitrogen functional groups attached to an aromatic ring is 1. The van der Waals surface area contributed by atoms with Gasteiger partial charge in [-0.2, -0.15) is 5.10 Å². The minimum absolute atomic E-state index is 0.0249. The zero-order chi connectivity index (χ0) is 18.4. The molecule has 0 saturated heterocycles. The van der Waals surface area contributed by atoms with Crippen molar-refractivity contribution in [2.75, 3.05) is 11.3 Å². The van der Waals surface area contributed by atoms with Gasteiger partial charge in [0.1, 0.15) is 0 Å². The normalized spacial score (nSPS) is 10.9. The fourth-order valence-electron chi connectivity index (χ4n) is 2.02. The molecule has 2 aromatic carbocycles. The van der Waals surface area contributed by atoms with Crippen molar-refractivity contribution in [3.8, 4) is 0 Å². The number of nitrogens with two attached hydrogens (primary N) is 1. The first-order valence-electron chi connectivity index (χ1n) is 7.54. The number of non-ortho nitro benzene ring substituents is 1. The van der Waals surface area contributed by atoms with Crippen LogP contribution in [0.1, 0.15) is 11.1 Å². The number of benzene rings is 2. The lowest BCUT2D eigenvalue weighted by Crippen LogP contribution is -2.13. The second-order valence-corrected chi connectivity index (χ2v) is 6.11. The van der Waals surface area contributed by atoms with Crippen molar-refractivity contribution in [2.45, 2.75) is 10.9 Å². The molecule has 26 heavy (non-hydrogen) atoms. The van der Waals surface area contributed by atoms with Crippen LogP contribution in [0.3, 0.4) is 0 Å². The van der Waals surface area contributed by atoms with E-state index in [0.717, 1.165) is 11.3 Å². The molecule has 0 aliphatic carbocycles. The summed E-state index contributed by atoms with van der Waals surface area (Å²) in [6.45, 7) is 0. The molecule has 0 bridgehead atoms. The molecule has 1 heterocycles. The molecule has 0 radical (unpaired) electrons. The summed E-state index contributed by atoms with van der Waals surface area (Å²) in [5.41, 5.74) is 4.59. The molecule has 0 aliphatic rings. The summed E-state index contributed by atoms with van der Waals surface area (Å²) in [5.74, 6) is 6.97. The highest BCUT2D eigenvalue weighted by Gasteiger charge is 2.09. The summed E-state index contributed by atoms with van der Waals surface area (Å²) in [7, 11) is 0. The van der Waals surface area contributed by atoms with E-state index in [9.17, 15) is 10.1 Å². The largest absolute Gasteiger partial charge is 0.334 e. The van der Waals surface area contributed by atoms with Crippen LogP contribution in [0.25, 0.3) is 0 Å². The molecule has 3 aromatic rings. The van der Waals surface area contributed by atoms with Crippen molar-refractivity contribution < 1.29 is 4.92 Å². The number of aromatic nitrogens is 3. The Morgan fingerprint density at radius 1 is 1.19 bits per heavy atom. The van der Waals surface area contributed by atoms with Crippen molar-refractivity contribution in [1.82, 2.24) is 14.9 Å². The quantitative estimate of drug-likeness (QED) is 0.216. The molecule has 1 aromatic heterocycles. The summed E-state index contributed by atoms with van der Waals surface area (Å²) in [6, 6.07) is 16.0. The van der Waals surface area contributed by atoms with Gasteiger partial charge in [0.2, 0.25) is 5.16 Å². The Morgan fingerprint density at radius 3 is 2.62 bits per heavy atom. The smallest absolute Gasteiger partial charge is 0.269 e. The van der Waals surface area contributed by atoms with Crippen LogP contribution in [0.5, 0.6) is 0 Å². The number of anilines is 1. The second-order valence-electron chi connectivity index (χ2n) is 5.17. The lowest BCUT2D eigenvalue weighted by atomic mass is 10.2. The third-order valence-electron chi connectivity index (χ3n) is 3.36. The monoisotopic (exact) mass is 369 g/mol. The van der Waals surface area contributed by atoms with Gasteiger partial charge in [0.15, 0.2) is 0 Å². The third-order valence-corrected chi connectivity index (χ3v) is 4.37. The van der Waals surface area contributed by atoms with E-state index in [4.69, 9.17) is 5.84 Å². The first-order valence-corrected chi connectivity index (χ1v) is 8.53. The average Bonchev–Trinajstić information content (AvgIpc) is 3.01. The fourth-order valence-corrected chi connectivity index (χ4v) is 2.83. The summed E-state index contributed by atoms with van der Waals surface area (Å²) < 4.78 is 1.32. The van der Waals surface area contributed by atoms with Gasteiger partial charge in [0.05, 0.1) is 11.1 Å². The molecule has 0 amide bonds. The van der Waals surface area contributed by atoms with Crippen LogP contribution < -0.4 is 11.3 Å². The van der Waals surface area contributed by atoms with E-state index in [2.05, 4.69) is 20.7 Å². The van der Waals surface area contributed by atoms with Gasteiger partial charge in [-0.15, -0.1) is 10.2 Å². The standard InChI is InChI=1S/C16H15N7O2S/c17-22-15(19-18-10-12-6-8-14(9-7-12)23(24)25)20-21-16(22)26-11-13-4-2-1-3-5-13/h1-10H,11,17H2,(H,19,20)/b18-10+. The Morgan fingerprint density at radius 2 is 1.92 bits per heavy atom. The Labute approximate surface area is 153 Å². The number of hydrogen-bond acceptors (Lipinski definition) is 8. The van der Waals surface area contributed by atoms with Gasteiger partial charge in [0, 0.05) is 17.9 Å². The van der Waals surface area contributed by atoms with Crippen molar-refractivity contribution in [1.29, 1.82) is 0 Å². The minimum Gasteiger partial charge on any atom is -0.334 e. The van der Waals surface area contributed by atoms with Gasteiger partial charge in [-0.3, -0.25) is 10.1 Å². The van der Waals surface area contributed by atoms with Gasteiger partial charge in [0.25, 0.3) is 11.6 Å². The minimum atomic E-state index is -0.454. The van der Waals surface area contributed by atoms with Crippen molar-refractivity contribution >= 4 is 29.6 Å². The second kappa shape index (κ2) is 8.12. The number of hydrazone groups is 1. The summed E-state index contributed by atoms with van der Waals surface area (Å²) in [5, 5.41) is 23.2. The van der Waals surface area contributed by atoms with Crippen LogP contribution in [-0.4, -0.2) is 26.0 Å². The predicted molar refractivity (Wildman–Crippen MR) is 100 cm³/mol. The molecule has 0 saturated carbocycles. The Hall–Kier alpha value is -3.40. The molecule has 0 aliphatic heterocycles. The fraction of sp³-hybridized carbons (Fsp3) is 0.0625. The zero-order valence-corrected chi connectivity index (χ0v) is 14.3. The van der Waals surface area contributed by atoms with E-state index in [1.807, 2.05) is 30.3 Å². The molecular formula is C16H15N7O2S. The number of nitro benzene ring substituents is 1. The average molecular weight is 369 g/mol. The van der Waals surface area contributed by atoms with Gasteiger partial charge < -0.3 is 5.84 Å². The van der Waals surface area contributed by atoms with Crippen LogP contribution in [-0.2, 0) is 5.75 Å². The highest BCUT2D eigenvalue weighted by Crippen LogP contribution is 2.21. The number of nitrogens with one attached hydrogen (secondary N) is 1. The number of hydrogen-bond donors (Lipinski definition) is 2. The van der Waals surface area contributed by atoms with Gasteiger partial charge in [-0.05, 0) is 23.3 Å². The van der Waals surface area contributed by atoms with Crippen molar-refractivity contribution in [2.24, 2.45) is 5.10 Å². The number of nitro groups is 1. The van der Waals surface area contributed by atoms with E-state index >= 15 is 0 Å². The van der Waals surface area contributed by atoms with E-state index in [1.165, 1.54) is 34.8 Å². The molecular weight excluding hydrogens is 354 g/mol. The first-order chi connectivity index (χ1) is 12.6. The van der Waals surface area contributed by atoms with Crippen LogP contribution in [0.2, 0.25) is 0 Å². The van der Waals surface area contributed by atoms with Crippen molar-refractivity contribution in [3.63, 3.8) is 0 Å². The predicted octanol–water partition coefficient (Wildman–Crippen LogP) is 2.64. The van der Waals surface area contributed by atoms with Crippen molar-refractivity contribution in [3.05, 3.63) is 75.8 Å². The Kier molecular flexibility index (Phi) is 5.44. The van der Waals surface area contributed by atoms with Gasteiger partial charge in [-0.25, -0.2) is 10.1 Å². The Bertz CT molecular complexity index is 910. The Balaban J connectivity index is 1.58. The maximum Gasteiger partial charge on any atom is 0.269 e. The molecule has 0 spiro atoms. The topological polar surface area (TPSA) is 124 Å². The summed E-state index contributed by atoms with van der Waals surface area (Å²) in [6.07, 6.45) is 1.51. The highest BCUT2D eigenvalue weighted by atomic mass is 32.2. The number of rotatable bonds is 7. The maximum atomic E-state index is 10.6. The van der Waals surface area contributed by atoms with Crippen LogP contribution in [0.4, 0.5) is 11.6 Å². The van der Waals surface area contributed by atoms with Crippen LogP contribution in [0.15, 0.2) is 64.9 Å². The molecule has 0 fully saturated rings. The van der Waals surface area contributed by atoms with Gasteiger partial charge >= 0.3 is 0 Å². The first kappa shape index (κ1) is 17.4. The van der Waals surface area contributed by atoms with Crippen LogP contribution >= 0.6 is 11.8 Å². The lowest BCUT2D eigenvalue weighted by Gasteiger charge is -2.03. The molecule has 9 nitrogen and oxygen atoms in total. The summed E-state index contributed by atoms with van der Waals surface area (Å²) in [4.78, 5) is 10.2. The van der Waals surface area contributed by atoms with E-state index in [1.54, 1.807) is 12.1 Å². The van der Waals surface area contributed by atoms with Crippen LogP contribution in [0, 0.1) is 10.1 Å². The molecule has 0 unspecified atom stereocenters.